The number of aliphatic imine (C=N–C) groups is 1. The summed E-state index contributed by atoms with van der Waals surface area (Å²) in [5.74, 6) is -1.000. The number of hydrogen-bond acceptors (Lipinski definition) is 3. The van der Waals surface area contributed by atoms with Gasteiger partial charge in [-0.1, -0.05) is 35.9 Å². The normalized spacial score (nSPS) is 19.4. The quantitative estimate of drug-likeness (QED) is 0.597. The monoisotopic (exact) mass is 447 g/mol. The van der Waals surface area contributed by atoms with Gasteiger partial charge in [0.25, 0.3) is 0 Å². The molecule has 0 aliphatic carbocycles. The van der Waals surface area contributed by atoms with Crippen molar-refractivity contribution in [1.82, 2.24) is 0 Å². The molecule has 0 saturated heterocycles. The van der Waals surface area contributed by atoms with E-state index < -0.39 is 11.9 Å². The Kier molecular flexibility index (Phi) is 5.02. The number of carbonyl (C=O) groups is 2. The van der Waals surface area contributed by atoms with Crippen LogP contribution in [0, 0.1) is 5.82 Å². The molecule has 3 aromatic carbocycles. The minimum absolute atomic E-state index is 0.0659. The first-order chi connectivity index (χ1) is 15.4. The molecule has 0 saturated carbocycles. The van der Waals surface area contributed by atoms with E-state index in [0.717, 1.165) is 11.1 Å². The SMILES string of the molecule is CC1C(=O)Nc2cc(C3=NC(Cc4ccc(Cl)cc4)C(=O)Nc4ccc(F)cc43)ccc21. The number of carbonyl (C=O) groups excluding carboxylic acids is 2. The van der Waals surface area contributed by atoms with Crippen molar-refractivity contribution in [3.63, 3.8) is 0 Å². The Morgan fingerprint density at radius 1 is 0.938 bits per heavy atom. The third-order valence-corrected chi connectivity index (χ3v) is 6.12. The van der Waals surface area contributed by atoms with Crippen LogP contribution < -0.4 is 10.6 Å². The van der Waals surface area contributed by atoms with Crippen molar-refractivity contribution in [2.45, 2.75) is 25.3 Å². The average molecular weight is 448 g/mol. The van der Waals surface area contributed by atoms with Crippen LogP contribution in [0.15, 0.2) is 65.7 Å². The van der Waals surface area contributed by atoms with Gasteiger partial charge in [-0.15, -0.1) is 0 Å². The van der Waals surface area contributed by atoms with Gasteiger partial charge in [-0.2, -0.15) is 0 Å². The molecule has 0 radical (unpaired) electrons. The molecule has 3 aromatic rings. The second-order valence-electron chi connectivity index (χ2n) is 8.02. The fraction of sp³-hybridized carbons (Fsp3) is 0.160. The summed E-state index contributed by atoms with van der Waals surface area (Å²) >= 11 is 5.98. The van der Waals surface area contributed by atoms with Crippen LogP contribution in [-0.4, -0.2) is 23.6 Å². The van der Waals surface area contributed by atoms with Crippen LogP contribution in [-0.2, 0) is 16.0 Å². The number of hydrogen-bond donors (Lipinski definition) is 2. The van der Waals surface area contributed by atoms with Crippen LogP contribution in [0.5, 0.6) is 0 Å². The summed E-state index contributed by atoms with van der Waals surface area (Å²) in [5.41, 5.74) is 4.69. The molecule has 160 valence electrons. The highest BCUT2D eigenvalue weighted by molar-refractivity contribution is 6.30. The fourth-order valence-corrected chi connectivity index (χ4v) is 4.23. The molecule has 2 unspecified atom stereocenters. The Morgan fingerprint density at radius 2 is 1.69 bits per heavy atom. The number of halogens is 2. The summed E-state index contributed by atoms with van der Waals surface area (Å²) in [7, 11) is 0. The van der Waals surface area contributed by atoms with Gasteiger partial charge in [0.2, 0.25) is 11.8 Å². The molecule has 5 rings (SSSR count). The molecule has 0 aromatic heterocycles. The molecule has 2 aliphatic heterocycles. The van der Waals surface area contributed by atoms with Crippen molar-refractivity contribution < 1.29 is 14.0 Å². The molecule has 32 heavy (non-hydrogen) atoms. The smallest absolute Gasteiger partial charge is 0.249 e. The maximum atomic E-state index is 14.2. The molecule has 5 nitrogen and oxygen atoms in total. The highest BCUT2D eigenvalue weighted by atomic mass is 35.5. The van der Waals surface area contributed by atoms with Gasteiger partial charge in [0, 0.05) is 28.3 Å². The van der Waals surface area contributed by atoms with Crippen LogP contribution >= 0.6 is 11.6 Å². The van der Waals surface area contributed by atoms with Gasteiger partial charge in [-0.3, -0.25) is 14.6 Å². The molecular weight excluding hydrogens is 429 g/mol. The zero-order chi connectivity index (χ0) is 22.4. The number of anilines is 2. The van der Waals surface area contributed by atoms with Crippen LogP contribution in [0.2, 0.25) is 5.02 Å². The van der Waals surface area contributed by atoms with E-state index in [-0.39, 0.29) is 17.7 Å². The standard InChI is InChI=1S/C25H19ClFN3O2/c1-13-18-8-4-15(11-21(18)30-24(13)31)23-19-12-17(27)7-9-20(19)29-25(32)22(28-23)10-14-2-5-16(26)6-3-14/h2-9,11-13,22H,10H2,1H3,(H,29,32)(H,30,31). The van der Waals surface area contributed by atoms with Crippen molar-refractivity contribution in [3.8, 4) is 0 Å². The van der Waals surface area contributed by atoms with Gasteiger partial charge in [-0.25, -0.2) is 4.39 Å². The van der Waals surface area contributed by atoms with Gasteiger partial charge in [0.1, 0.15) is 11.9 Å². The van der Waals surface area contributed by atoms with Crippen molar-refractivity contribution in [3.05, 3.63) is 93.8 Å². The van der Waals surface area contributed by atoms with Crippen molar-refractivity contribution in [2.75, 3.05) is 10.6 Å². The summed E-state index contributed by atoms with van der Waals surface area (Å²) in [6.07, 6.45) is 0.363. The maximum Gasteiger partial charge on any atom is 0.249 e. The van der Waals surface area contributed by atoms with Gasteiger partial charge in [0.05, 0.1) is 17.3 Å². The molecule has 0 bridgehead atoms. The minimum atomic E-state index is -0.719. The molecule has 2 N–H and O–H groups in total. The predicted octanol–water partition coefficient (Wildman–Crippen LogP) is 4.94. The Labute approximate surface area is 189 Å². The van der Waals surface area contributed by atoms with E-state index in [1.54, 1.807) is 18.2 Å². The average Bonchev–Trinajstić information content (AvgIpc) is 2.98. The topological polar surface area (TPSA) is 70.6 Å². The maximum absolute atomic E-state index is 14.2. The summed E-state index contributed by atoms with van der Waals surface area (Å²) in [4.78, 5) is 29.9. The number of amides is 2. The first-order valence-electron chi connectivity index (χ1n) is 10.3. The molecule has 2 aliphatic rings. The number of benzodiazepines with no additional fused rings is 1. The zero-order valence-electron chi connectivity index (χ0n) is 17.2. The van der Waals surface area contributed by atoms with Crippen molar-refractivity contribution >= 4 is 40.5 Å². The summed E-state index contributed by atoms with van der Waals surface area (Å²) in [6.45, 7) is 1.85. The summed E-state index contributed by atoms with van der Waals surface area (Å²) in [5, 5.41) is 6.37. The van der Waals surface area contributed by atoms with Crippen molar-refractivity contribution in [1.29, 1.82) is 0 Å². The first kappa shape index (κ1) is 20.4. The highest BCUT2D eigenvalue weighted by Gasteiger charge is 2.30. The van der Waals surface area contributed by atoms with E-state index in [9.17, 15) is 14.0 Å². The molecule has 0 fully saturated rings. The Hall–Kier alpha value is -3.51. The van der Waals surface area contributed by atoms with E-state index in [1.807, 2.05) is 37.3 Å². The molecule has 2 heterocycles. The van der Waals surface area contributed by atoms with E-state index in [2.05, 4.69) is 10.6 Å². The lowest BCUT2D eigenvalue weighted by atomic mass is 9.96. The number of nitrogens with zero attached hydrogens (tertiary/aromatic N) is 1. The van der Waals surface area contributed by atoms with Gasteiger partial charge >= 0.3 is 0 Å². The molecule has 2 amide bonds. The second-order valence-corrected chi connectivity index (χ2v) is 8.45. The molecule has 0 spiro atoms. The molecule has 7 heteroatoms. The molecule has 2 atom stereocenters. The Balaban J connectivity index is 1.62. The van der Waals surface area contributed by atoms with Gasteiger partial charge in [0.15, 0.2) is 0 Å². The Morgan fingerprint density at radius 3 is 2.47 bits per heavy atom. The van der Waals surface area contributed by atoms with E-state index in [1.165, 1.54) is 12.1 Å². The number of fused-ring (bicyclic) bond motifs is 2. The Bertz CT molecular complexity index is 1290. The summed E-state index contributed by atoms with van der Waals surface area (Å²) in [6, 6.07) is 16.3. The van der Waals surface area contributed by atoms with Gasteiger partial charge < -0.3 is 10.6 Å². The summed E-state index contributed by atoms with van der Waals surface area (Å²) < 4.78 is 14.2. The second kappa shape index (κ2) is 7.88. The number of benzene rings is 3. The highest BCUT2D eigenvalue weighted by Crippen LogP contribution is 2.34. The van der Waals surface area contributed by atoms with Crippen molar-refractivity contribution in [2.24, 2.45) is 4.99 Å². The number of rotatable bonds is 3. The predicted molar refractivity (Wildman–Crippen MR) is 123 cm³/mol. The van der Waals surface area contributed by atoms with Crippen LogP contribution in [0.1, 0.15) is 35.1 Å². The van der Waals surface area contributed by atoms with E-state index in [0.29, 0.717) is 39.7 Å². The van der Waals surface area contributed by atoms with E-state index >= 15 is 0 Å². The first-order valence-corrected chi connectivity index (χ1v) is 10.6. The van der Waals surface area contributed by atoms with Crippen LogP contribution in [0.4, 0.5) is 15.8 Å². The lowest BCUT2D eigenvalue weighted by molar-refractivity contribution is -0.117. The third-order valence-electron chi connectivity index (χ3n) is 5.87. The lowest BCUT2D eigenvalue weighted by Gasteiger charge is -2.12. The zero-order valence-corrected chi connectivity index (χ0v) is 17.9. The lowest BCUT2D eigenvalue weighted by Crippen LogP contribution is -2.27. The largest absolute Gasteiger partial charge is 0.325 e. The van der Waals surface area contributed by atoms with Crippen LogP contribution in [0.25, 0.3) is 0 Å². The van der Waals surface area contributed by atoms with Crippen LogP contribution in [0.3, 0.4) is 0 Å². The van der Waals surface area contributed by atoms with E-state index in [4.69, 9.17) is 16.6 Å². The molecular formula is C25H19ClFN3O2. The minimum Gasteiger partial charge on any atom is -0.325 e. The number of nitrogens with one attached hydrogen (secondary N) is 2. The van der Waals surface area contributed by atoms with Gasteiger partial charge in [-0.05, 0) is 54.4 Å². The fourth-order valence-electron chi connectivity index (χ4n) is 4.11. The third kappa shape index (κ3) is 3.67.